The Morgan fingerprint density at radius 1 is 0.306 bits per heavy atom. The van der Waals surface area contributed by atoms with Crippen molar-refractivity contribution in [2.45, 2.75) is 41.5 Å². The number of ether oxygens (including phenoxy) is 6. The van der Waals surface area contributed by atoms with Crippen LogP contribution in [0.1, 0.15) is 104 Å². The van der Waals surface area contributed by atoms with E-state index in [0.29, 0.717) is 33.4 Å². The molecule has 7 rings (SSSR count). The molecular formula is C57H45N3O12. The Morgan fingerprint density at radius 2 is 0.472 bits per heavy atom. The number of carbonyl (C=O) groups is 6. The summed E-state index contributed by atoms with van der Waals surface area (Å²) >= 11 is 0. The minimum absolute atomic E-state index is 0.0184. The third-order valence-corrected chi connectivity index (χ3v) is 11.6. The summed E-state index contributed by atoms with van der Waals surface area (Å²) in [5, 5.41) is 0. The molecule has 0 saturated carbocycles. The highest BCUT2D eigenvalue weighted by Crippen LogP contribution is 2.47. The van der Waals surface area contributed by atoms with E-state index in [1.807, 2.05) is 18.2 Å². The lowest BCUT2D eigenvalue weighted by Crippen LogP contribution is -2.05. The Bertz CT molecular complexity index is 2850. The highest BCUT2D eigenvalue weighted by Gasteiger charge is 2.35. The molecule has 0 saturated heterocycles. The van der Waals surface area contributed by atoms with Crippen molar-refractivity contribution in [1.29, 1.82) is 0 Å². The molecule has 0 N–H and O–H groups in total. The van der Waals surface area contributed by atoms with Gasteiger partial charge in [0.05, 0.1) is 92.7 Å². The van der Waals surface area contributed by atoms with Gasteiger partial charge in [0, 0.05) is 0 Å². The predicted molar refractivity (Wildman–Crippen MR) is 267 cm³/mol. The lowest BCUT2D eigenvalue weighted by molar-refractivity contribution is 0.0513. The number of carbonyl (C=O) groups excluding carboxylic acids is 6. The summed E-state index contributed by atoms with van der Waals surface area (Å²) in [6, 6.07) is 25.9. The van der Waals surface area contributed by atoms with Gasteiger partial charge < -0.3 is 28.4 Å². The summed E-state index contributed by atoms with van der Waals surface area (Å²) in [6.07, 6.45) is 0. The molecule has 1 aromatic carbocycles. The van der Waals surface area contributed by atoms with E-state index in [-0.39, 0.29) is 123 Å². The minimum atomic E-state index is -0.783. The fraction of sp³-hybridized carbons (Fsp3) is 0.211. The maximum absolute atomic E-state index is 13.5. The molecule has 72 heavy (non-hydrogen) atoms. The molecule has 0 fully saturated rings. The molecule has 1 aromatic rings. The van der Waals surface area contributed by atoms with Crippen molar-refractivity contribution in [1.82, 2.24) is 0 Å². The van der Waals surface area contributed by atoms with Gasteiger partial charge in [-0.1, -0.05) is 72.8 Å². The Labute approximate surface area is 415 Å². The van der Waals surface area contributed by atoms with Gasteiger partial charge in [0.1, 0.15) is 0 Å². The van der Waals surface area contributed by atoms with Gasteiger partial charge in [0.15, 0.2) is 0 Å². The number of nitrogens with zero attached hydrogens (tertiary/aromatic N) is 3. The molecule has 15 nitrogen and oxygen atoms in total. The van der Waals surface area contributed by atoms with Crippen LogP contribution in [-0.2, 0) is 28.4 Å². The molecule has 15 heteroatoms. The van der Waals surface area contributed by atoms with Crippen molar-refractivity contribution in [3.63, 3.8) is 0 Å². The monoisotopic (exact) mass is 963 g/mol. The number of esters is 6. The summed E-state index contributed by atoms with van der Waals surface area (Å²) in [6.45, 7) is 33.8. The number of rotatable bonds is 15. The van der Waals surface area contributed by atoms with Crippen LogP contribution < -0.4 is 0 Å². The zero-order valence-corrected chi connectivity index (χ0v) is 40.1. The first kappa shape index (κ1) is 50.5. The van der Waals surface area contributed by atoms with Crippen LogP contribution in [-0.4, -0.2) is 75.5 Å². The third-order valence-electron chi connectivity index (χ3n) is 11.6. The summed E-state index contributed by atoms with van der Waals surface area (Å²) < 4.78 is 32.1. The molecule has 0 heterocycles. The van der Waals surface area contributed by atoms with E-state index >= 15 is 0 Å². The maximum atomic E-state index is 13.5. The van der Waals surface area contributed by atoms with Gasteiger partial charge in [-0.15, -0.1) is 0 Å². The zero-order chi connectivity index (χ0) is 51.8. The van der Waals surface area contributed by atoms with Crippen LogP contribution in [0, 0.1) is 19.7 Å². The molecule has 0 atom stereocenters. The van der Waals surface area contributed by atoms with E-state index < -0.39 is 35.8 Å². The average Bonchev–Trinajstić information content (AvgIpc) is 3.73. The van der Waals surface area contributed by atoms with Crippen molar-refractivity contribution >= 4 is 52.9 Å². The fourth-order valence-corrected chi connectivity index (χ4v) is 8.69. The SMILES string of the molecule is [C-]#[N+]c1c(C(=O)OCC)c2ccc(-c3cc(-c4ccc5c(C(=O)OCC)c([N+]#[C-])c(C(=O)OCC)c-5cc4)cc(-c4ccc5c(C(=O)OCC)c([N+]#[C-])c(C(=O)OCC)c-5cc4)c3)ccc-2c1C(=O)OCC. The van der Waals surface area contributed by atoms with Crippen LogP contribution in [0.2, 0.25) is 0 Å². The fourth-order valence-electron chi connectivity index (χ4n) is 8.69. The standard InChI is InChI=1S/C57H45N3O12/c1-10-67-52(61)43-37-22-16-31(17-23-38(37)44(49(43)58-7)53(62)68-11-2)34-28-35(32-18-24-39-40(25-19-32)46(55(64)70-13-4)50(59-8)45(39)54(63)69-12-3)30-36(29-34)33-20-26-41-42(27-21-33)48(57(66)72-15-6)51(60-9)47(41)56(65)71-14-5/h16-30H,10-15H2,1-6H3. The molecule has 0 unspecified atom stereocenters. The number of hydrogen-bond acceptors (Lipinski definition) is 12. The summed E-state index contributed by atoms with van der Waals surface area (Å²) in [7, 11) is 0. The molecular weight excluding hydrogens is 919 g/mol. The molecule has 6 aliphatic rings. The predicted octanol–water partition coefficient (Wildman–Crippen LogP) is 12.7. The smallest absolute Gasteiger partial charge is 0.328 e. The number of fused-ring (bicyclic) bond motifs is 3. The topological polar surface area (TPSA) is 171 Å². The number of benzene rings is 1. The lowest BCUT2D eigenvalue weighted by atomic mass is 9.94. The first-order valence-corrected chi connectivity index (χ1v) is 23.0. The molecule has 0 radical (unpaired) electrons. The largest absolute Gasteiger partial charge is 0.463 e. The van der Waals surface area contributed by atoms with E-state index in [1.54, 1.807) is 114 Å². The van der Waals surface area contributed by atoms with Gasteiger partial charge in [-0.3, -0.25) is 0 Å². The van der Waals surface area contributed by atoms with Gasteiger partial charge in [0.25, 0.3) is 0 Å². The lowest BCUT2D eigenvalue weighted by Gasteiger charge is -2.10. The average molecular weight is 964 g/mol. The van der Waals surface area contributed by atoms with E-state index in [0.717, 1.165) is 0 Å². The second-order valence-corrected chi connectivity index (χ2v) is 15.6. The quantitative estimate of drug-likeness (QED) is 0.0542. The third kappa shape index (κ3) is 9.25. The van der Waals surface area contributed by atoms with Gasteiger partial charge >= 0.3 is 35.8 Å². The van der Waals surface area contributed by atoms with Crippen LogP contribution in [0.4, 0.5) is 17.1 Å². The first-order chi connectivity index (χ1) is 34.9. The van der Waals surface area contributed by atoms with E-state index in [1.165, 1.54) is 0 Å². The normalized spacial score (nSPS) is 10.7. The first-order valence-electron chi connectivity index (χ1n) is 23.0. The van der Waals surface area contributed by atoms with Gasteiger partial charge in [-0.25, -0.2) is 43.3 Å². The van der Waals surface area contributed by atoms with Crippen LogP contribution in [0.3, 0.4) is 0 Å². The summed E-state index contributed by atoms with van der Waals surface area (Å²) in [4.78, 5) is 91.5. The summed E-state index contributed by atoms with van der Waals surface area (Å²) in [5.74, 6) is -4.70. The Balaban J connectivity index is 1.54. The van der Waals surface area contributed by atoms with Gasteiger partial charge in [-0.2, -0.15) is 0 Å². The molecule has 360 valence electrons. The highest BCUT2D eigenvalue weighted by atomic mass is 16.6. The van der Waals surface area contributed by atoms with Crippen molar-refractivity contribution < 1.29 is 57.2 Å². The van der Waals surface area contributed by atoms with E-state index in [2.05, 4.69) is 14.5 Å². The molecule has 0 bridgehead atoms. The van der Waals surface area contributed by atoms with E-state index in [9.17, 15) is 28.8 Å². The minimum Gasteiger partial charge on any atom is -0.463 e. The van der Waals surface area contributed by atoms with Crippen LogP contribution >= 0.6 is 0 Å². The highest BCUT2D eigenvalue weighted by molar-refractivity contribution is 6.18. The zero-order valence-electron chi connectivity index (χ0n) is 40.1. The second kappa shape index (κ2) is 21.9. The Hall–Kier alpha value is -9.39. The van der Waals surface area contributed by atoms with Gasteiger partial charge in [0.2, 0.25) is 17.1 Å². The van der Waals surface area contributed by atoms with Crippen molar-refractivity contribution in [3.05, 3.63) is 159 Å². The molecule has 6 aliphatic carbocycles. The van der Waals surface area contributed by atoms with E-state index in [4.69, 9.17) is 48.1 Å². The van der Waals surface area contributed by atoms with Gasteiger partial charge in [-0.05, 0) is 127 Å². The summed E-state index contributed by atoms with van der Waals surface area (Å²) in [5.41, 5.74) is 4.29. The second-order valence-electron chi connectivity index (χ2n) is 15.6. The van der Waals surface area contributed by atoms with Crippen LogP contribution in [0.5, 0.6) is 0 Å². The van der Waals surface area contributed by atoms with Crippen molar-refractivity contribution in [2.75, 3.05) is 39.6 Å². The Morgan fingerprint density at radius 3 is 0.611 bits per heavy atom. The molecule has 0 spiro atoms. The molecule has 0 amide bonds. The molecule has 0 aromatic heterocycles. The van der Waals surface area contributed by atoms with Crippen LogP contribution in [0.15, 0.2) is 91.0 Å². The van der Waals surface area contributed by atoms with Crippen LogP contribution in [0.25, 0.3) is 81.3 Å². The van der Waals surface area contributed by atoms with Crippen molar-refractivity contribution in [3.8, 4) is 66.8 Å². The Kier molecular flexibility index (Phi) is 15.4. The molecule has 0 aliphatic heterocycles. The maximum Gasteiger partial charge on any atom is 0.328 e. The van der Waals surface area contributed by atoms with Crippen molar-refractivity contribution in [2.24, 2.45) is 0 Å². The number of hydrogen-bond donors (Lipinski definition) is 0.